The number of allylic oxidation sites excluding steroid dienone is 1. The van der Waals surface area contributed by atoms with E-state index in [4.69, 9.17) is 0 Å². The van der Waals surface area contributed by atoms with Gasteiger partial charge >= 0.3 is 0 Å². The van der Waals surface area contributed by atoms with Gasteiger partial charge in [-0.1, -0.05) is 6.58 Å². The Bertz CT molecular complexity index is 1340. The Morgan fingerprint density at radius 3 is 2.53 bits per heavy atom. The van der Waals surface area contributed by atoms with E-state index < -0.39 is 23.4 Å². The van der Waals surface area contributed by atoms with Crippen molar-refractivity contribution in [2.75, 3.05) is 11.9 Å². The topological polar surface area (TPSA) is 53.1 Å². The second-order valence-electron chi connectivity index (χ2n) is 8.71. The van der Waals surface area contributed by atoms with Crippen molar-refractivity contribution in [3.8, 4) is 0 Å². The molecule has 176 valence electrons. The van der Waals surface area contributed by atoms with E-state index in [0.29, 0.717) is 40.1 Å². The standard InChI is InChI=1S/C25H21F5N4/c1-13(34-23-12-32-22-9-19(27)18(26)8-17(22)23)21-7-16(10-31-21)15-6-20(28)24(33-11-15)14-2-4-25(29,30)5-3-14/h6-9,11-12,14,32,34H,1-5,10H2. The molecule has 1 aromatic carbocycles. The summed E-state index contributed by atoms with van der Waals surface area (Å²) in [5.74, 6) is -5.40. The van der Waals surface area contributed by atoms with Gasteiger partial charge in [0.15, 0.2) is 11.6 Å². The number of nitrogens with one attached hydrogen (secondary N) is 2. The maximum atomic E-state index is 14.8. The number of H-pyrrole nitrogens is 1. The molecule has 5 rings (SSSR count). The third-order valence-corrected chi connectivity index (χ3v) is 6.39. The summed E-state index contributed by atoms with van der Waals surface area (Å²) in [6.07, 6.45) is 4.79. The third-order valence-electron chi connectivity index (χ3n) is 6.39. The lowest BCUT2D eigenvalue weighted by Crippen LogP contribution is -2.24. The van der Waals surface area contributed by atoms with Gasteiger partial charge in [-0.3, -0.25) is 9.98 Å². The Balaban J connectivity index is 1.30. The number of pyridine rings is 1. The van der Waals surface area contributed by atoms with Gasteiger partial charge in [-0.05, 0) is 36.6 Å². The molecule has 1 aliphatic carbocycles. The van der Waals surface area contributed by atoms with E-state index in [9.17, 15) is 22.0 Å². The van der Waals surface area contributed by atoms with Crippen LogP contribution in [0.5, 0.6) is 0 Å². The number of hydrogen-bond donors (Lipinski definition) is 2. The van der Waals surface area contributed by atoms with Crippen LogP contribution in [0.2, 0.25) is 0 Å². The van der Waals surface area contributed by atoms with Crippen LogP contribution in [0.25, 0.3) is 16.5 Å². The Morgan fingerprint density at radius 2 is 1.79 bits per heavy atom. The summed E-state index contributed by atoms with van der Waals surface area (Å²) >= 11 is 0. The number of benzene rings is 1. The van der Waals surface area contributed by atoms with Gasteiger partial charge in [-0.15, -0.1) is 0 Å². The molecular formula is C25H21F5N4. The van der Waals surface area contributed by atoms with Gasteiger partial charge in [0.25, 0.3) is 0 Å². The fraction of sp³-hybridized carbons (Fsp3) is 0.280. The summed E-state index contributed by atoms with van der Waals surface area (Å²) in [7, 11) is 0. The van der Waals surface area contributed by atoms with E-state index in [0.717, 1.165) is 17.7 Å². The van der Waals surface area contributed by atoms with Crippen LogP contribution in [-0.2, 0) is 0 Å². The van der Waals surface area contributed by atoms with Gasteiger partial charge in [-0.2, -0.15) is 0 Å². The maximum absolute atomic E-state index is 14.8. The molecule has 0 radical (unpaired) electrons. The van der Waals surface area contributed by atoms with Crippen molar-refractivity contribution in [2.24, 2.45) is 4.99 Å². The predicted octanol–water partition coefficient (Wildman–Crippen LogP) is 6.74. The minimum Gasteiger partial charge on any atom is -0.359 e. The summed E-state index contributed by atoms with van der Waals surface area (Å²) < 4.78 is 68.7. The van der Waals surface area contributed by atoms with E-state index >= 15 is 0 Å². The summed E-state index contributed by atoms with van der Waals surface area (Å²) in [5, 5.41) is 3.52. The number of alkyl halides is 2. The summed E-state index contributed by atoms with van der Waals surface area (Å²) in [6.45, 7) is 4.26. The van der Waals surface area contributed by atoms with E-state index in [-0.39, 0.29) is 37.3 Å². The van der Waals surface area contributed by atoms with Crippen molar-refractivity contribution in [1.82, 2.24) is 9.97 Å². The summed E-state index contributed by atoms with van der Waals surface area (Å²) in [6, 6.07) is 3.54. The van der Waals surface area contributed by atoms with Crippen LogP contribution in [-0.4, -0.2) is 28.1 Å². The zero-order chi connectivity index (χ0) is 24.0. The zero-order valence-electron chi connectivity index (χ0n) is 18.1. The molecule has 3 heterocycles. The fourth-order valence-corrected chi connectivity index (χ4v) is 4.47. The van der Waals surface area contributed by atoms with Crippen molar-refractivity contribution in [2.45, 2.75) is 37.5 Å². The van der Waals surface area contributed by atoms with E-state index in [1.54, 1.807) is 18.5 Å². The number of halogens is 5. The maximum Gasteiger partial charge on any atom is 0.248 e. The van der Waals surface area contributed by atoms with Crippen LogP contribution >= 0.6 is 0 Å². The Morgan fingerprint density at radius 1 is 1.06 bits per heavy atom. The molecule has 34 heavy (non-hydrogen) atoms. The highest BCUT2D eigenvalue weighted by Crippen LogP contribution is 2.41. The molecule has 1 aliphatic heterocycles. The Hall–Kier alpha value is -3.49. The van der Waals surface area contributed by atoms with E-state index in [1.807, 2.05) is 0 Å². The molecule has 0 amide bonds. The Labute approximate surface area is 192 Å². The van der Waals surface area contributed by atoms with Crippen LogP contribution in [0, 0.1) is 17.5 Å². The summed E-state index contributed by atoms with van der Waals surface area (Å²) in [5.41, 5.74) is 3.44. The molecule has 0 spiro atoms. The normalized spacial score (nSPS) is 18.1. The van der Waals surface area contributed by atoms with E-state index in [2.05, 4.69) is 26.9 Å². The molecule has 0 atom stereocenters. The number of aliphatic imine (C=N–C) groups is 1. The second kappa shape index (κ2) is 8.38. The van der Waals surface area contributed by atoms with Crippen LogP contribution in [0.4, 0.5) is 27.6 Å². The van der Waals surface area contributed by atoms with Gasteiger partial charge in [0.05, 0.1) is 34.9 Å². The number of nitrogens with zero attached hydrogens (tertiary/aromatic N) is 2. The molecule has 3 aromatic rings. The minimum atomic E-state index is -2.68. The van der Waals surface area contributed by atoms with Crippen LogP contribution < -0.4 is 5.32 Å². The van der Waals surface area contributed by atoms with E-state index in [1.165, 1.54) is 6.07 Å². The average Bonchev–Trinajstić information content (AvgIpc) is 3.43. The number of fused-ring (bicyclic) bond motifs is 1. The van der Waals surface area contributed by atoms with Crippen molar-refractivity contribution in [3.05, 3.63) is 77.7 Å². The average molecular weight is 472 g/mol. The molecule has 4 nitrogen and oxygen atoms in total. The second-order valence-corrected chi connectivity index (χ2v) is 8.71. The highest BCUT2D eigenvalue weighted by molar-refractivity contribution is 6.16. The SMILES string of the molecule is C=C(Nc1c[nH]c2cc(F)c(F)cc12)C1=NCC(c2cnc(C3CCC(F)(F)CC3)c(F)c2)=C1. The first-order chi connectivity index (χ1) is 16.2. The smallest absolute Gasteiger partial charge is 0.248 e. The minimum absolute atomic E-state index is 0.210. The first kappa shape index (κ1) is 22.3. The van der Waals surface area contributed by atoms with Gasteiger partial charge in [0.2, 0.25) is 5.92 Å². The Kier molecular flexibility index (Phi) is 5.50. The molecule has 1 saturated carbocycles. The predicted molar refractivity (Wildman–Crippen MR) is 122 cm³/mol. The van der Waals surface area contributed by atoms with Gasteiger partial charge in [-0.25, -0.2) is 22.0 Å². The first-order valence-electron chi connectivity index (χ1n) is 10.9. The molecule has 0 unspecified atom stereocenters. The van der Waals surface area contributed by atoms with Crippen LogP contribution in [0.3, 0.4) is 0 Å². The monoisotopic (exact) mass is 472 g/mol. The highest BCUT2D eigenvalue weighted by atomic mass is 19.3. The van der Waals surface area contributed by atoms with Crippen LogP contribution in [0.1, 0.15) is 42.9 Å². The fourth-order valence-electron chi connectivity index (χ4n) is 4.47. The zero-order valence-corrected chi connectivity index (χ0v) is 18.1. The lowest BCUT2D eigenvalue weighted by molar-refractivity contribution is -0.0387. The number of hydrogen-bond acceptors (Lipinski definition) is 3. The lowest BCUT2D eigenvalue weighted by atomic mass is 9.84. The molecule has 0 bridgehead atoms. The van der Waals surface area contributed by atoms with Gasteiger partial charge in [0, 0.05) is 48.2 Å². The van der Waals surface area contributed by atoms with Crippen molar-refractivity contribution < 1.29 is 22.0 Å². The molecule has 1 fully saturated rings. The number of aromatic nitrogens is 2. The highest BCUT2D eigenvalue weighted by Gasteiger charge is 2.36. The van der Waals surface area contributed by atoms with Crippen molar-refractivity contribution >= 4 is 27.9 Å². The largest absolute Gasteiger partial charge is 0.359 e. The first-order valence-corrected chi connectivity index (χ1v) is 10.9. The number of anilines is 1. The van der Waals surface area contributed by atoms with Crippen LogP contribution in [0.15, 0.2) is 53.9 Å². The molecule has 0 saturated heterocycles. The molecule has 9 heteroatoms. The van der Waals surface area contributed by atoms with Gasteiger partial charge in [0.1, 0.15) is 5.82 Å². The number of rotatable bonds is 5. The third kappa shape index (κ3) is 4.22. The lowest BCUT2D eigenvalue weighted by Gasteiger charge is -2.28. The molecule has 2 aromatic heterocycles. The van der Waals surface area contributed by atoms with Crippen molar-refractivity contribution in [3.63, 3.8) is 0 Å². The van der Waals surface area contributed by atoms with Crippen molar-refractivity contribution in [1.29, 1.82) is 0 Å². The number of aromatic amines is 1. The quantitative estimate of drug-likeness (QED) is 0.404. The van der Waals surface area contributed by atoms with Gasteiger partial charge < -0.3 is 10.3 Å². The summed E-state index contributed by atoms with van der Waals surface area (Å²) in [4.78, 5) is 11.6. The molecular weight excluding hydrogens is 451 g/mol. The molecule has 2 aliphatic rings. The molecule has 2 N–H and O–H groups in total.